The lowest BCUT2D eigenvalue weighted by atomic mass is 10.3. The third-order valence-corrected chi connectivity index (χ3v) is 3.53. The molecule has 0 bridgehead atoms. The maximum absolute atomic E-state index is 13.1. The van der Waals surface area contributed by atoms with Gasteiger partial charge in [0.1, 0.15) is 18.9 Å². The van der Waals surface area contributed by atoms with E-state index in [1.165, 1.54) is 23.1 Å². The number of carbonyl (C=O) groups excluding carboxylic acids is 3. The van der Waals surface area contributed by atoms with Crippen LogP contribution in [0.4, 0.5) is 20.6 Å². The SMILES string of the molecule is O=C(CN1C(=O)CN(c2ccccc2)C1=O)Nc1cccc(F)c1. The minimum atomic E-state index is -0.572. The highest BCUT2D eigenvalue weighted by Crippen LogP contribution is 2.20. The molecule has 0 saturated carbocycles. The third kappa shape index (κ3) is 3.24. The highest BCUT2D eigenvalue weighted by atomic mass is 19.1. The fourth-order valence-corrected chi connectivity index (χ4v) is 2.42. The number of imide groups is 1. The van der Waals surface area contributed by atoms with E-state index in [9.17, 15) is 18.8 Å². The monoisotopic (exact) mass is 327 g/mol. The predicted molar refractivity (Wildman–Crippen MR) is 85.9 cm³/mol. The molecule has 6 nitrogen and oxygen atoms in total. The van der Waals surface area contributed by atoms with Gasteiger partial charge in [0.2, 0.25) is 5.91 Å². The number of carbonyl (C=O) groups is 3. The molecule has 0 unspecified atom stereocenters. The van der Waals surface area contributed by atoms with Crippen LogP contribution in [0.5, 0.6) is 0 Å². The van der Waals surface area contributed by atoms with E-state index in [0.717, 1.165) is 11.0 Å². The van der Waals surface area contributed by atoms with Gasteiger partial charge in [-0.15, -0.1) is 0 Å². The Morgan fingerprint density at radius 1 is 1.08 bits per heavy atom. The average molecular weight is 327 g/mol. The minimum absolute atomic E-state index is 0.115. The van der Waals surface area contributed by atoms with Crippen LogP contribution >= 0.6 is 0 Å². The van der Waals surface area contributed by atoms with E-state index in [0.29, 0.717) is 5.69 Å². The Labute approximate surface area is 137 Å². The smallest absolute Gasteiger partial charge is 0.324 e. The van der Waals surface area contributed by atoms with Crippen LogP contribution in [0.15, 0.2) is 54.6 Å². The van der Waals surface area contributed by atoms with Gasteiger partial charge in [-0.1, -0.05) is 24.3 Å². The van der Waals surface area contributed by atoms with Crippen molar-refractivity contribution in [1.29, 1.82) is 0 Å². The van der Waals surface area contributed by atoms with Crippen LogP contribution in [0, 0.1) is 5.82 Å². The van der Waals surface area contributed by atoms with Crippen molar-refractivity contribution in [3.8, 4) is 0 Å². The molecule has 1 heterocycles. The molecule has 4 amide bonds. The molecule has 7 heteroatoms. The summed E-state index contributed by atoms with van der Waals surface area (Å²) < 4.78 is 13.1. The Morgan fingerprint density at radius 2 is 1.83 bits per heavy atom. The highest BCUT2D eigenvalue weighted by Gasteiger charge is 2.37. The number of urea groups is 1. The molecule has 1 aliphatic rings. The van der Waals surface area contributed by atoms with Gasteiger partial charge in [0.25, 0.3) is 5.91 Å². The van der Waals surface area contributed by atoms with E-state index in [4.69, 9.17) is 0 Å². The number of halogens is 1. The summed E-state index contributed by atoms with van der Waals surface area (Å²) in [6, 6.07) is 13.6. The second kappa shape index (κ2) is 6.49. The van der Waals surface area contributed by atoms with Crippen LogP contribution in [0.1, 0.15) is 0 Å². The van der Waals surface area contributed by atoms with Crippen molar-refractivity contribution in [2.24, 2.45) is 0 Å². The van der Waals surface area contributed by atoms with Crippen LogP contribution in [0.25, 0.3) is 0 Å². The van der Waals surface area contributed by atoms with Crippen LogP contribution in [0.2, 0.25) is 0 Å². The van der Waals surface area contributed by atoms with Gasteiger partial charge < -0.3 is 5.32 Å². The van der Waals surface area contributed by atoms with E-state index in [1.54, 1.807) is 30.3 Å². The quantitative estimate of drug-likeness (QED) is 0.876. The molecule has 0 radical (unpaired) electrons. The maximum Gasteiger partial charge on any atom is 0.332 e. The lowest BCUT2D eigenvalue weighted by Crippen LogP contribution is -2.39. The van der Waals surface area contributed by atoms with E-state index >= 15 is 0 Å². The highest BCUT2D eigenvalue weighted by molar-refractivity contribution is 6.14. The Morgan fingerprint density at radius 3 is 2.54 bits per heavy atom. The molecule has 1 fully saturated rings. The fourth-order valence-electron chi connectivity index (χ4n) is 2.42. The first-order chi connectivity index (χ1) is 11.5. The first-order valence-corrected chi connectivity index (χ1v) is 7.27. The van der Waals surface area contributed by atoms with Crippen molar-refractivity contribution >= 4 is 29.2 Å². The Bertz CT molecular complexity index is 795. The van der Waals surface area contributed by atoms with Crippen molar-refractivity contribution < 1.29 is 18.8 Å². The molecular weight excluding hydrogens is 313 g/mol. The second-order valence-corrected chi connectivity index (χ2v) is 5.24. The number of anilines is 2. The lowest BCUT2D eigenvalue weighted by Gasteiger charge is -2.16. The molecule has 1 aliphatic heterocycles. The molecule has 0 spiro atoms. The van der Waals surface area contributed by atoms with Gasteiger partial charge in [-0.2, -0.15) is 0 Å². The Kier molecular flexibility index (Phi) is 4.24. The topological polar surface area (TPSA) is 69.7 Å². The summed E-state index contributed by atoms with van der Waals surface area (Å²) in [6.45, 7) is -0.534. The van der Waals surface area contributed by atoms with Gasteiger partial charge in [-0.05, 0) is 30.3 Å². The zero-order valence-corrected chi connectivity index (χ0v) is 12.6. The van der Waals surface area contributed by atoms with Crippen molar-refractivity contribution in [2.75, 3.05) is 23.3 Å². The molecule has 0 aliphatic carbocycles. The summed E-state index contributed by atoms with van der Waals surface area (Å²) in [5.74, 6) is -1.52. The van der Waals surface area contributed by atoms with Crippen LogP contribution in [0.3, 0.4) is 0 Å². The Hall–Kier alpha value is -3.22. The normalized spacial score (nSPS) is 14.2. The largest absolute Gasteiger partial charge is 0.332 e. The summed E-state index contributed by atoms with van der Waals surface area (Å²) in [6.07, 6.45) is 0. The van der Waals surface area contributed by atoms with E-state index in [1.807, 2.05) is 0 Å². The summed E-state index contributed by atoms with van der Waals surface area (Å²) in [5.41, 5.74) is 0.850. The number of nitrogens with zero attached hydrogens (tertiary/aromatic N) is 2. The molecule has 1 saturated heterocycles. The van der Waals surface area contributed by atoms with Crippen molar-refractivity contribution in [2.45, 2.75) is 0 Å². The van der Waals surface area contributed by atoms with Gasteiger partial charge in [0, 0.05) is 11.4 Å². The zero-order valence-electron chi connectivity index (χ0n) is 12.6. The summed E-state index contributed by atoms with van der Waals surface area (Å²) in [7, 11) is 0. The maximum atomic E-state index is 13.1. The molecule has 2 aromatic rings. The first-order valence-electron chi connectivity index (χ1n) is 7.27. The number of amides is 4. The Balaban J connectivity index is 1.67. The number of hydrogen-bond acceptors (Lipinski definition) is 3. The van der Waals surface area contributed by atoms with E-state index in [-0.39, 0.29) is 12.2 Å². The van der Waals surface area contributed by atoms with Gasteiger partial charge in [-0.25, -0.2) is 9.18 Å². The minimum Gasteiger partial charge on any atom is -0.324 e. The predicted octanol–water partition coefficient (Wildman–Crippen LogP) is 2.23. The molecule has 0 atom stereocenters. The van der Waals surface area contributed by atoms with E-state index < -0.39 is 30.2 Å². The zero-order chi connectivity index (χ0) is 17.1. The molecule has 0 aromatic heterocycles. The summed E-state index contributed by atoms with van der Waals surface area (Å²) in [5, 5.41) is 2.46. The molecule has 1 N–H and O–H groups in total. The van der Waals surface area contributed by atoms with Crippen molar-refractivity contribution in [3.05, 3.63) is 60.4 Å². The second-order valence-electron chi connectivity index (χ2n) is 5.24. The van der Waals surface area contributed by atoms with Crippen LogP contribution in [-0.4, -0.2) is 35.8 Å². The molecular formula is C17H14FN3O3. The summed E-state index contributed by atoms with van der Waals surface area (Å²) in [4.78, 5) is 38.6. The average Bonchev–Trinajstić information content (AvgIpc) is 2.84. The van der Waals surface area contributed by atoms with Gasteiger partial charge in [0.05, 0.1) is 0 Å². The van der Waals surface area contributed by atoms with Gasteiger partial charge in [-0.3, -0.25) is 19.4 Å². The van der Waals surface area contributed by atoms with Gasteiger partial charge in [0.15, 0.2) is 0 Å². The van der Waals surface area contributed by atoms with Crippen molar-refractivity contribution in [3.63, 3.8) is 0 Å². The number of benzene rings is 2. The number of rotatable bonds is 4. The van der Waals surface area contributed by atoms with E-state index in [2.05, 4.69) is 5.32 Å². The number of para-hydroxylation sites is 1. The molecule has 24 heavy (non-hydrogen) atoms. The number of hydrogen-bond donors (Lipinski definition) is 1. The number of nitrogens with one attached hydrogen (secondary N) is 1. The van der Waals surface area contributed by atoms with Crippen LogP contribution < -0.4 is 10.2 Å². The van der Waals surface area contributed by atoms with Crippen molar-refractivity contribution in [1.82, 2.24) is 4.90 Å². The molecule has 3 rings (SSSR count). The fraction of sp³-hybridized carbons (Fsp3) is 0.118. The van der Waals surface area contributed by atoms with Gasteiger partial charge >= 0.3 is 6.03 Å². The molecule has 122 valence electrons. The first kappa shape index (κ1) is 15.7. The van der Waals surface area contributed by atoms with Crippen LogP contribution in [-0.2, 0) is 9.59 Å². The lowest BCUT2D eigenvalue weighted by molar-refractivity contribution is -0.128. The summed E-state index contributed by atoms with van der Waals surface area (Å²) >= 11 is 0. The molecule has 2 aromatic carbocycles. The third-order valence-electron chi connectivity index (χ3n) is 3.53. The standard InChI is InChI=1S/C17H14FN3O3/c18-12-5-4-6-13(9-12)19-15(22)10-21-16(23)11-20(17(21)24)14-7-2-1-3-8-14/h1-9H,10-11H2,(H,19,22).